The molecular formula is C10H16O3. The molecule has 13 heavy (non-hydrogen) atoms. The Labute approximate surface area is 78.5 Å². The molecule has 0 saturated heterocycles. The van der Waals surface area contributed by atoms with Crippen LogP contribution in [0.4, 0.5) is 0 Å². The highest BCUT2D eigenvalue weighted by Gasteiger charge is 2.63. The largest absolute Gasteiger partial charge is 0.460 e. The van der Waals surface area contributed by atoms with E-state index in [-0.39, 0.29) is 17.9 Å². The third-order valence-electron chi connectivity index (χ3n) is 2.77. The fourth-order valence-electron chi connectivity index (χ4n) is 2.35. The standard InChI is InChI=1S/C10H16O3/c1-6(11)13-8-9(2,3)7(12)10(8,4)5/h8H,1-5H3. The second kappa shape index (κ2) is 2.56. The van der Waals surface area contributed by atoms with Crippen LogP contribution in [-0.4, -0.2) is 17.9 Å². The van der Waals surface area contributed by atoms with Crippen LogP contribution in [0.15, 0.2) is 0 Å². The molecule has 0 amide bonds. The summed E-state index contributed by atoms with van der Waals surface area (Å²) in [5.41, 5.74) is -1.04. The molecule has 1 rings (SSSR count). The molecule has 0 aromatic rings. The molecule has 0 bridgehead atoms. The van der Waals surface area contributed by atoms with Gasteiger partial charge in [-0.25, -0.2) is 0 Å². The van der Waals surface area contributed by atoms with Gasteiger partial charge in [-0.05, 0) is 27.7 Å². The van der Waals surface area contributed by atoms with Gasteiger partial charge in [0.25, 0.3) is 0 Å². The number of ketones is 1. The van der Waals surface area contributed by atoms with Crippen LogP contribution < -0.4 is 0 Å². The predicted octanol–water partition coefficient (Wildman–Crippen LogP) is 1.55. The summed E-state index contributed by atoms with van der Waals surface area (Å²) in [5.74, 6) is -0.162. The zero-order valence-corrected chi connectivity index (χ0v) is 8.80. The molecule has 0 aliphatic heterocycles. The molecule has 0 heterocycles. The van der Waals surface area contributed by atoms with E-state index in [4.69, 9.17) is 4.74 Å². The maximum absolute atomic E-state index is 11.6. The fourth-order valence-corrected chi connectivity index (χ4v) is 2.35. The van der Waals surface area contributed by atoms with Crippen LogP contribution in [-0.2, 0) is 14.3 Å². The van der Waals surface area contributed by atoms with Gasteiger partial charge in [0.1, 0.15) is 6.10 Å². The summed E-state index contributed by atoms with van der Waals surface area (Å²) in [6.07, 6.45) is -0.287. The molecule has 0 radical (unpaired) electrons. The number of carbonyl (C=O) groups excluding carboxylic acids is 2. The minimum Gasteiger partial charge on any atom is -0.460 e. The number of hydrogen-bond acceptors (Lipinski definition) is 3. The van der Waals surface area contributed by atoms with Gasteiger partial charge in [0.15, 0.2) is 5.78 Å². The van der Waals surface area contributed by atoms with E-state index in [9.17, 15) is 9.59 Å². The molecule has 1 aliphatic rings. The van der Waals surface area contributed by atoms with Crippen LogP contribution in [0, 0.1) is 10.8 Å². The number of ether oxygens (including phenoxy) is 1. The van der Waals surface area contributed by atoms with Gasteiger partial charge in [-0.1, -0.05) is 0 Å². The monoisotopic (exact) mass is 184 g/mol. The van der Waals surface area contributed by atoms with E-state index < -0.39 is 10.8 Å². The lowest BCUT2D eigenvalue weighted by Crippen LogP contribution is -2.65. The van der Waals surface area contributed by atoms with Crippen molar-refractivity contribution in [1.29, 1.82) is 0 Å². The lowest BCUT2D eigenvalue weighted by atomic mass is 9.52. The second-order valence-electron chi connectivity index (χ2n) is 4.76. The molecule has 0 spiro atoms. The number of Topliss-reactive ketones (excluding diaryl/α,β-unsaturated/α-hetero) is 1. The molecule has 0 atom stereocenters. The van der Waals surface area contributed by atoms with Crippen LogP contribution in [0.25, 0.3) is 0 Å². The van der Waals surface area contributed by atoms with Crippen molar-refractivity contribution in [2.24, 2.45) is 10.8 Å². The van der Waals surface area contributed by atoms with Gasteiger partial charge in [0.05, 0.1) is 10.8 Å². The summed E-state index contributed by atoms with van der Waals surface area (Å²) in [7, 11) is 0. The van der Waals surface area contributed by atoms with Crippen molar-refractivity contribution in [3.05, 3.63) is 0 Å². The highest BCUT2D eigenvalue weighted by Crippen LogP contribution is 2.51. The number of esters is 1. The first-order valence-corrected chi connectivity index (χ1v) is 4.43. The summed E-state index contributed by atoms with van der Waals surface area (Å²) in [4.78, 5) is 22.4. The van der Waals surface area contributed by atoms with Gasteiger partial charge in [-0.3, -0.25) is 9.59 Å². The van der Waals surface area contributed by atoms with Crippen molar-refractivity contribution in [1.82, 2.24) is 0 Å². The Morgan fingerprint density at radius 3 is 1.92 bits per heavy atom. The first kappa shape index (κ1) is 10.2. The van der Waals surface area contributed by atoms with E-state index in [0.29, 0.717) is 0 Å². The molecule has 0 N–H and O–H groups in total. The van der Waals surface area contributed by atoms with Crippen molar-refractivity contribution in [2.45, 2.75) is 40.7 Å². The zero-order valence-electron chi connectivity index (χ0n) is 8.80. The van der Waals surface area contributed by atoms with Gasteiger partial charge in [0, 0.05) is 6.92 Å². The van der Waals surface area contributed by atoms with Gasteiger partial charge >= 0.3 is 5.97 Å². The molecule has 74 valence electrons. The Morgan fingerprint density at radius 1 is 1.23 bits per heavy atom. The van der Waals surface area contributed by atoms with E-state index >= 15 is 0 Å². The average Bonchev–Trinajstić information content (AvgIpc) is 1.98. The summed E-state index contributed by atoms with van der Waals surface area (Å²) in [6, 6.07) is 0. The quantitative estimate of drug-likeness (QED) is 0.581. The third-order valence-corrected chi connectivity index (χ3v) is 2.77. The molecule has 3 nitrogen and oxygen atoms in total. The smallest absolute Gasteiger partial charge is 0.302 e. The van der Waals surface area contributed by atoms with Crippen LogP contribution in [0.5, 0.6) is 0 Å². The lowest BCUT2D eigenvalue weighted by Gasteiger charge is -2.53. The van der Waals surface area contributed by atoms with Gasteiger partial charge in [-0.2, -0.15) is 0 Å². The summed E-state index contributed by atoms with van der Waals surface area (Å²) < 4.78 is 5.13. The number of rotatable bonds is 1. The second-order valence-corrected chi connectivity index (χ2v) is 4.76. The van der Waals surface area contributed by atoms with E-state index in [2.05, 4.69) is 0 Å². The van der Waals surface area contributed by atoms with E-state index in [1.807, 2.05) is 27.7 Å². The highest BCUT2D eigenvalue weighted by atomic mass is 16.5. The predicted molar refractivity (Wildman–Crippen MR) is 48.1 cm³/mol. The topological polar surface area (TPSA) is 43.4 Å². The molecule has 1 saturated carbocycles. The fraction of sp³-hybridized carbons (Fsp3) is 0.800. The highest BCUT2D eigenvalue weighted by molar-refractivity contribution is 5.97. The van der Waals surface area contributed by atoms with Crippen molar-refractivity contribution >= 4 is 11.8 Å². The Balaban J connectivity index is 2.85. The lowest BCUT2D eigenvalue weighted by molar-refractivity contribution is -0.196. The maximum atomic E-state index is 11.6. The van der Waals surface area contributed by atoms with Gasteiger partial charge in [-0.15, -0.1) is 0 Å². The van der Waals surface area contributed by atoms with Crippen LogP contribution in [0.3, 0.4) is 0 Å². The van der Waals surface area contributed by atoms with E-state index in [1.54, 1.807) is 0 Å². The van der Waals surface area contributed by atoms with Crippen molar-refractivity contribution in [3.63, 3.8) is 0 Å². The minimum atomic E-state index is -0.519. The summed E-state index contributed by atoms with van der Waals surface area (Å²) in [6.45, 7) is 8.62. The molecule has 1 aliphatic carbocycles. The van der Waals surface area contributed by atoms with E-state index in [1.165, 1.54) is 6.92 Å². The Hall–Kier alpha value is -0.860. The first-order valence-electron chi connectivity index (χ1n) is 4.43. The van der Waals surface area contributed by atoms with Crippen LogP contribution in [0.2, 0.25) is 0 Å². The van der Waals surface area contributed by atoms with Crippen molar-refractivity contribution in [3.8, 4) is 0 Å². The van der Waals surface area contributed by atoms with Crippen molar-refractivity contribution < 1.29 is 14.3 Å². The van der Waals surface area contributed by atoms with Gasteiger partial charge in [0.2, 0.25) is 0 Å². The third kappa shape index (κ3) is 1.26. The minimum absolute atomic E-state index is 0.159. The Kier molecular flexibility index (Phi) is 2.02. The Morgan fingerprint density at radius 2 is 1.62 bits per heavy atom. The first-order chi connectivity index (χ1) is 5.70. The summed E-state index contributed by atoms with van der Waals surface area (Å²) >= 11 is 0. The van der Waals surface area contributed by atoms with E-state index in [0.717, 1.165) is 0 Å². The molecule has 0 aromatic carbocycles. The van der Waals surface area contributed by atoms with Crippen molar-refractivity contribution in [2.75, 3.05) is 0 Å². The normalized spacial score (nSPS) is 25.2. The number of hydrogen-bond donors (Lipinski definition) is 0. The summed E-state index contributed by atoms with van der Waals surface area (Å²) in [5, 5.41) is 0. The molecule has 3 heteroatoms. The maximum Gasteiger partial charge on any atom is 0.302 e. The molecular weight excluding hydrogens is 168 g/mol. The SMILES string of the molecule is CC(=O)OC1C(C)(C)C(=O)C1(C)C. The number of carbonyl (C=O) groups is 2. The average molecular weight is 184 g/mol. The molecule has 0 aromatic heterocycles. The molecule has 0 unspecified atom stereocenters. The van der Waals surface area contributed by atoms with Gasteiger partial charge < -0.3 is 4.74 Å². The Bertz CT molecular complexity index is 245. The zero-order chi connectivity index (χ0) is 10.4. The van der Waals surface area contributed by atoms with Crippen LogP contribution >= 0.6 is 0 Å². The van der Waals surface area contributed by atoms with Crippen LogP contribution in [0.1, 0.15) is 34.6 Å². The molecule has 1 fully saturated rings.